The van der Waals surface area contributed by atoms with Crippen LogP contribution in [0.25, 0.3) is 0 Å². The molecule has 1 aromatic carbocycles. The van der Waals surface area contributed by atoms with Crippen molar-refractivity contribution in [3.8, 4) is 5.75 Å². The van der Waals surface area contributed by atoms with E-state index in [0.29, 0.717) is 5.25 Å². The van der Waals surface area contributed by atoms with Crippen LogP contribution in [0.15, 0.2) is 29.7 Å². The fraction of sp³-hybridized carbons (Fsp3) is 0.385. The number of thioether (sulfide) groups is 1. The van der Waals surface area contributed by atoms with Crippen molar-refractivity contribution in [2.24, 2.45) is 0 Å². The Morgan fingerprint density at radius 3 is 3.17 bits per heavy atom. The number of hydrogen-bond acceptors (Lipinski definition) is 4. The monoisotopic (exact) mass is 261 g/mol. The smallest absolute Gasteiger partial charge is 0.183 e. The van der Waals surface area contributed by atoms with Crippen LogP contribution in [0, 0.1) is 0 Å². The first-order valence-corrected chi connectivity index (χ1v) is 6.94. The van der Waals surface area contributed by atoms with E-state index in [-0.39, 0.29) is 0 Å². The Morgan fingerprint density at radius 1 is 1.44 bits per heavy atom. The number of H-pyrrole nitrogens is 1. The Hall–Kier alpha value is -1.49. The molecule has 0 bridgehead atoms. The largest absolute Gasteiger partial charge is 0.496 e. The predicted octanol–water partition coefficient (Wildman–Crippen LogP) is 2.98. The van der Waals surface area contributed by atoms with E-state index in [1.54, 1.807) is 25.2 Å². The van der Waals surface area contributed by atoms with Crippen LogP contribution < -0.4 is 4.74 Å². The highest BCUT2D eigenvalue weighted by Crippen LogP contribution is 2.44. The number of nitrogens with zero attached hydrogens (tertiary/aromatic N) is 2. The van der Waals surface area contributed by atoms with Crippen molar-refractivity contribution in [3.05, 3.63) is 35.7 Å². The first-order chi connectivity index (χ1) is 8.88. The molecule has 0 spiro atoms. The summed E-state index contributed by atoms with van der Waals surface area (Å²) in [6, 6.07) is 6.31. The average molecular weight is 261 g/mol. The maximum Gasteiger partial charge on any atom is 0.183 e. The summed E-state index contributed by atoms with van der Waals surface area (Å²) in [6.07, 6.45) is 5.02. The summed E-state index contributed by atoms with van der Waals surface area (Å²) in [4.78, 5) is 4.19. The van der Waals surface area contributed by atoms with Gasteiger partial charge in [-0.25, -0.2) is 4.98 Å². The van der Waals surface area contributed by atoms with Crippen LogP contribution in [0.1, 0.15) is 29.2 Å². The van der Waals surface area contributed by atoms with E-state index in [1.165, 1.54) is 24.0 Å². The molecule has 3 rings (SSSR count). The SMILES string of the molecule is COc1cccc2c1CCCC2Sc1ncn[nH]1. The quantitative estimate of drug-likeness (QED) is 0.922. The summed E-state index contributed by atoms with van der Waals surface area (Å²) in [5.41, 5.74) is 2.73. The number of nitrogens with one attached hydrogen (secondary N) is 1. The van der Waals surface area contributed by atoms with E-state index in [0.717, 1.165) is 17.3 Å². The normalized spacial score (nSPS) is 18.4. The highest BCUT2D eigenvalue weighted by atomic mass is 32.2. The minimum Gasteiger partial charge on any atom is -0.496 e. The number of rotatable bonds is 3. The lowest BCUT2D eigenvalue weighted by atomic mass is 9.90. The van der Waals surface area contributed by atoms with Gasteiger partial charge in [-0.05, 0) is 36.5 Å². The molecule has 0 fully saturated rings. The van der Waals surface area contributed by atoms with E-state index in [4.69, 9.17) is 4.74 Å². The van der Waals surface area contributed by atoms with E-state index in [1.807, 2.05) is 6.07 Å². The molecule has 1 atom stereocenters. The summed E-state index contributed by atoms with van der Waals surface area (Å²) in [5.74, 6) is 1.01. The number of fused-ring (bicyclic) bond motifs is 1. The van der Waals surface area contributed by atoms with Crippen LogP contribution in [0.3, 0.4) is 0 Å². The molecule has 0 amide bonds. The van der Waals surface area contributed by atoms with Gasteiger partial charge in [0.15, 0.2) is 5.16 Å². The lowest BCUT2D eigenvalue weighted by Gasteiger charge is -2.25. The second-order valence-corrected chi connectivity index (χ2v) is 5.51. The molecule has 1 aliphatic carbocycles. The number of aromatic nitrogens is 3. The lowest BCUT2D eigenvalue weighted by Crippen LogP contribution is -2.08. The Balaban J connectivity index is 1.92. The van der Waals surface area contributed by atoms with Crippen molar-refractivity contribution in [2.75, 3.05) is 7.11 Å². The van der Waals surface area contributed by atoms with Crippen molar-refractivity contribution >= 4 is 11.8 Å². The van der Waals surface area contributed by atoms with Crippen molar-refractivity contribution < 1.29 is 4.74 Å². The summed E-state index contributed by atoms with van der Waals surface area (Å²) in [6.45, 7) is 0. The predicted molar refractivity (Wildman–Crippen MR) is 70.9 cm³/mol. The average Bonchev–Trinajstić information content (AvgIpc) is 2.91. The van der Waals surface area contributed by atoms with Gasteiger partial charge in [0.1, 0.15) is 12.1 Å². The molecular formula is C13H15N3OS. The molecule has 0 saturated heterocycles. The molecular weight excluding hydrogens is 246 g/mol. The molecule has 1 aliphatic rings. The second kappa shape index (κ2) is 5.02. The van der Waals surface area contributed by atoms with Gasteiger partial charge < -0.3 is 4.74 Å². The van der Waals surface area contributed by atoms with Crippen molar-refractivity contribution in [3.63, 3.8) is 0 Å². The van der Waals surface area contributed by atoms with Crippen LogP contribution >= 0.6 is 11.8 Å². The third-order valence-electron chi connectivity index (χ3n) is 3.28. The molecule has 1 N–H and O–H groups in total. The zero-order valence-electron chi connectivity index (χ0n) is 10.2. The van der Waals surface area contributed by atoms with Crippen molar-refractivity contribution in [1.82, 2.24) is 15.2 Å². The minimum absolute atomic E-state index is 0.441. The van der Waals surface area contributed by atoms with Gasteiger partial charge in [-0.1, -0.05) is 23.9 Å². The molecule has 0 saturated carbocycles. The maximum absolute atomic E-state index is 5.45. The number of ether oxygens (including phenoxy) is 1. The topological polar surface area (TPSA) is 50.8 Å². The molecule has 4 nitrogen and oxygen atoms in total. The number of hydrogen-bond donors (Lipinski definition) is 1. The third-order valence-corrected chi connectivity index (χ3v) is 4.47. The van der Waals surface area contributed by atoms with Gasteiger partial charge in [-0.2, -0.15) is 5.10 Å². The van der Waals surface area contributed by atoms with Gasteiger partial charge in [0.2, 0.25) is 0 Å². The summed E-state index contributed by atoms with van der Waals surface area (Å²) in [7, 11) is 1.74. The first-order valence-electron chi connectivity index (χ1n) is 6.06. The number of methoxy groups -OCH3 is 1. The van der Waals surface area contributed by atoms with Crippen molar-refractivity contribution in [1.29, 1.82) is 0 Å². The standard InChI is InChI=1S/C13H15N3OS/c1-17-11-6-2-5-10-9(11)4-3-7-12(10)18-13-14-8-15-16-13/h2,5-6,8,12H,3-4,7H2,1H3,(H,14,15,16). The van der Waals surface area contributed by atoms with Gasteiger partial charge in [0, 0.05) is 5.25 Å². The molecule has 1 unspecified atom stereocenters. The van der Waals surface area contributed by atoms with Gasteiger partial charge in [0.25, 0.3) is 0 Å². The van der Waals surface area contributed by atoms with E-state index < -0.39 is 0 Å². The Labute approximate surface area is 110 Å². The first kappa shape index (κ1) is 11.6. The van der Waals surface area contributed by atoms with E-state index in [2.05, 4.69) is 27.3 Å². The maximum atomic E-state index is 5.45. The van der Waals surface area contributed by atoms with Crippen LogP contribution in [-0.4, -0.2) is 22.3 Å². The highest BCUT2D eigenvalue weighted by molar-refractivity contribution is 7.99. The fourth-order valence-electron chi connectivity index (χ4n) is 2.47. The van der Waals surface area contributed by atoms with Crippen LogP contribution in [0.4, 0.5) is 0 Å². The molecule has 1 aromatic heterocycles. The van der Waals surface area contributed by atoms with Crippen LogP contribution in [0.2, 0.25) is 0 Å². The van der Waals surface area contributed by atoms with Gasteiger partial charge in [-0.15, -0.1) is 0 Å². The zero-order valence-corrected chi connectivity index (χ0v) is 11.0. The van der Waals surface area contributed by atoms with Crippen molar-refractivity contribution in [2.45, 2.75) is 29.7 Å². The molecule has 2 aromatic rings. The van der Waals surface area contributed by atoms with E-state index in [9.17, 15) is 0 Å². The number of benzene rings is 1. The molecule has 94 valence electrons. The lowest BCUT2D eigenvalue weighted by molar-refractivity contribution is 0.406. The highest BCUT2D eigenvalue weighted by Gasteiger charge is 2.24. The van der Waals surface area contributed by atoms with Gasteiger partial charge >= 0.3 is 0 Å². The second-order valence-electron chi connectivity index (χ2n) is 4.32. The Morgan fingerprint density at radius 2 is 2.39 bits per heavy atom. The Bertz CT molecular complexity index is 527. The van der Waals surface area contributed by atoms with Crippen LogP contribution in [-0.2, 0) is 6.42 Å². The molecule has 1 heterocycles. The summed E-state index contributed by atoms with van der Waals surface area (Å²) < 4.78 is 5.45. The van der Waals surface area contributed by atoms with Gasteiger partial charge in [-0.3, -0.25) is 5.10 Å². The minimum atomic E-state index is 0.441. The molecule has 0 aliphatic heterocycles. The summed E-state index contributed by atoms with van der Waals surface area (Å²) >= 11 is 1.75. The van der Waals surface area contributed by atoms with Gasteiger partial charge in [0.05, 0.1) is 7.11 Å². The third kappa shape index (κ3) is 2.10. The fourth-order valence-corrected chi connectivity index (χ4v) is 3.59. The van der Waals surface area contributed by atoms with E-state index >= 15 is 0 Å². The summed E-state index contributed by atoms with van der Waals surface area (Å²) in [5, 5.41) is 8.14. The van der Waals surface area contributed by atoms with Crippen LogP contribution in [0.5, 0.6) is 5.75 Å². The Kier molecular flexibility index (Phi) is 3.23. The molecule has 18 heavy (non-hydrogen) atoms. The molecule has 5 heteroatoms. The number of aromatic amines is 1. The molecule has 0 radical (unpaired) electrons. The zero-order chi connectivity index (χ0) is 12.4.